The van der Waals surface area contributed by atoms with E-state index in [2.05, 4.69) is 0 Å². The molecule has 21 rings (SSSR count). The Morgan fingerprint density at radius 3 is 0.381 bits per heavy atom. The van der Waals surface area contributed by atoms with Crippen LogP contribution in [0.5, 0.6) is 0 Å². The number of hydrogen-bond donors (Lipinski definition) is 21. The molecule has 0 aromatic heterocycles. The minimum Gasteiger partial charge on any atom is -0.391 e. The van der Waals surface area contributed by atoms with Crippen molar-refractivity contribution in [2.45, 2.75) is 306 Å². The average molecular weight is 1540 g/mol. The molecule has 0 radical (unpaired) electrons. The fourth-order valence-electron chi connectivity index (χ4n) is 12.8. The molecule has 0 aliphatic carbocycles. The third-order valence-electron chi connectivity index (χ3n) is 18.0. The van der Waals surface area contributed by atoms with Gasteiger partial charge in [-0.1, -0.05) is 0 Å². The summed E-state index contributed by atoms with van der Waals surface area (Å²) in [7, 11) is 0. The van der Waals surface area contributed by atoms with Gasteiger partial charge in [0, 0.05) is 0 Å². The van der Waals surface area contributed by atoms with E-state index in [4.69, 9.17) is 99.5 Å². The van der Waals surface area contributed by atoms with Gasteiger partial charge in [0.2, 0.25) is 0 Å². The third kappa shape index (κ3) is 23.7. The molecule has 21 heterocycles. The van der Waals surface area contributed by atoms with Gasteiger partial charge in [0.1, 0.15) is 171 Å². The smallest absolute Gasteiger partial charge is 0.187 e. The van der Waals surface area contributed by atoms with Crippen LogP contribution in [0.15, 0.2) is 0 Å². The Balaban J connectivity index is 1.20. The summed E-state index contributed by atoms with van der Waals surface area (Å²) in [6.45, 7) is 2.51. The highest BCUT2D eigenvalue weighted by Crippen LogP contribution is 2.40. The first-order chi connectivity index (χ1) is 49.6. The Hall–Kier alpha value is -1.68. The molecule has 0 amide bonds. The fourth-order valence-corrected chi connectivity index (χ4v) is 12.8. The molecule has 0 spiro atoms. The fraction of sp³-hybridized carbons (Fsp3) is 1.00. The molecule has 21 fully saturated rings. The predicted molar refractivity (Wildman–Crippen MR) is 336 cm³/mol. The second-order valence-electron chi connectivity index (χ2n) is 28.1. The Labute approximate surface area is 603 Å². The van der Waals surface area contributed by atoms with E-state index in [1.54, 1.807) is 0 Å². The van der Waals surface area contributed by atoms with Crippen LogP contribution in [0.1, 0.15) is 48.5 Å². The molecule has 21 aliphatic heterocycles. The van der Waals surface area contributed by atoms with Gasteiger partial charge in [-0.3, -0.25) is 0 Å². The molecule has 105 heavy (non-hydrogen) atoms. The maximum atomic E-state index is 12.1. The van der Waals surface area contributed by atoms with E-state index in [1.165, 1.54) is 48.5 Å². The normalized spacial score (nSPS) is 46.0. The summed E-state index contributed by atoms with van der Waals surface area (Å²) in [4.78, 5) is 0. The zero-order chi connectivity index (χ0) is 77.0. The van der Waals surface area contributed by atoms with E-state index >= 15 is 0 Å². The summed E-state index contributed by atoms with van der Waals surface area (Å²) >= 11 is 0. The minimum atomic E-state index is -2.24. The van der Waals surface area contributed by atoms with Crippen molar-refractivity contribution >= 4 is 0 Å². The summed E-state index contributed by atoms with van der Waals surface area (Å²) in [6.07, 6.45) is -78.0. The predicted octanol–water partition coefficient (Wildman–Crippen LogP) is -12.4. The number of hydrogen-bond acceptors (Lipinski definition) is 42. The lowest BCUT2D eigenvalue weighted by atomic mass is 9.95. The Bertz CT molecular complexity index is 2000. The van der Waals surface area contributed by atoms with Gasteiger partial charge >= 0.3 is 0 Å². The summed E-state index contributed by atoms with van der Waals surface area (Å²) in [5, 5.41) is 240. The van der Waals surface area contributed by atoms with Crippen LogP contribution < -0.4 is 0 Å². The molecule has 21 aliphatic rings. The van der Waals surface area contributed by atoms with Gasteiger partial charge in [-0.05, 0) is 48.5 Å². The van der Waals surface area contributed by atoms with Crippen molar-refractivity contribution in [3.05, 3.63) is 0 Å². The number of aliphatic hydroxyl groups is 21. The molecule has 42 atom stereocenters. The van der Waals surface area contributed by atoms with E-state index in [-0.39, 0.29) is 46.2 Å². The van der Waals surface area contributed by atoms with E-state index in [0.29, 0.717) is 0 Å². The topological polar surface area (TPSA) is 619 Å². The first-order valence-electron chi connectivity index (χ1n) is 35.2. The SMILES string of the molecule is CC(O)COC[C@H]1O[C@@H]2O[C@H]3[C@@H](O)[C@@H](O)[C@H](O[C@@H]3COCC(C)O)O[C@H]3C(O)[C@@H](O)[C@@H](O[C@H]4[C@H](O)[C@@H](O)[C@H](O[C@@H]4COCC(C)O)O[C@H]4C(O)[C@@H](O)[C@@H](O[C@H]5[C@@H](O)[C@@H](O)[C@@H](O[C@H]6[C@@H](O)[C@@H](O)[C@@H](O[C@H]1[C@H](O)[C@H]2O)O[C@@H]6COCC(C)O)O[C@@H]5COCC(C)O)O[C@@H]4COCC(C)O)O[C@@H]3COCC(C)O. The van der Waals surface area contributed by atoms with E-state index in [9.17, 15) is 107 Å². The highest BCUT2D eigenvalue weighted by molar-refractivity contribution is 5.02. The van der Waals surface area contributed by atoms with Crippen LogP contribution in [-0.4, -0.2) is 457 Å². The minimum absolute atomic E-state index is 0.379. The lowest BCUT2D eigenvalue weighted by Crippen LogP contribution is -2.68. The van der Waals surface area contributed by atoms with Crippen molar-refractivity contribution in [3.8, 4) is 0 Å². The van der Waals surface area contributed by atoms with Crippen LogP contribution in [0, 0.1) is 0 Å². The first-order valence-corrected chi connectivity index (χ1v) is 35.2. The molecule has 0 saturated carbocycles. The summed E-state index contributed by atoms with van der Waals surface area (Å²) in [6, 6.07) is 0. The molecule has 9 unspecified atom stereocenters. The lowest BCUT2D eigenvalue weighted by Gasteiger charge is -2.50. The van der Waals surface area contributed by atoms with Gasteiger partial charge in [-0.25, -0.2) is 0 Å². The van der Waals surface area contributed by atoms with Crippen LogP contribution >= 0.6 is 0 Å². The van der Waals surface area contributed by atoms with Gasteiger partial charge in [0.05, 0.1) is 135 Å². The lowest BCUT2D eigenvalue weighted by molar-refractivity contribution is -0.398. The second kappa shape index (κ2) is 41.4. The quantitative estimate of drug-likeness (QED) is 0.0346. The van der Waals surface area contributed by atoms with Crippen LogP contribution in [0.2, 0.25) is 0 Å². The molecule has 14 bridgehead atoms. The van der Waals surface area contributed by atoms with Crippen LogP contribution in [0.25, 0.3) is 0 Å². The van der Waals surface area contributed by atoms with Gasteiger partial charge in [0.15, 0.2) is 44.0 Å². The summed E-state index contributed by atoms with van der Waals surface area (Å²) in [5.41, 5.74) is 0. The molecule has 21 N–H and O–H groups in total. The highest BCUT2D eigenvalue weighted by Gasteiger charge is 2.60. The number of ether oxygens (including phenoxy) is 21. The van der Waals surface area contributed by atoms with E-state index in [0.717, 1.165) is 0 Å². The number of aliphatic hydroxyl groups excluding tert-OH is 21. The van der Waals surface area contributed by atoms with Crippen LogP contribution in [-0.2, 0) is 99.5 Å². The second-order valence-corrected chi connectivity index (χ2v) is 28.1. The Morgan fingerprint density at radius 2 is 0.286 bits per heavy atom. The molecule has 616 valence electrons. The molecule has 0 aromatic carbocycles. The number of rotatable bonds is 28. The van der Waals surface area contributed by atoms with Crippen molar-refractivity contribution in [3.63, 3.8) is 0 Å². The summed E-state index contributed by atoms with van der Waals surface area (Å²) < 4.78 is 126. The highest BCUT2D eigenvalue weighted by atomic mass is 16.8. The first kappa shape index (κ1) is 88.9. The van der Waals surface area contributed by atoms with Crippen molar-refractivity contribution in [2.24, 2.45) is 0 Å². The standard InChI is InChI=1S/C63H112O42/c1-22(64)8-85-15-29-50-36(71)43(78)57(92-29)100-51-30(16-86-9-23(2)65)94-59(45(80)38(51)73)102-53-32(18-88-11-25(4)67)96-61(47(82)40(53)75)104-55-34(20-90-13-27(6)69)98-63(49(84)42(55)77)105-56-35(21-91-14-28(7)70)97-62(48(83)41(56)76)103-54-33(19-89-12-26(5)68)95-60(46(81)39(54)74)101-52-31(17-87-10-24(3)66)93-58(99-50)44(79)37(52)72/h22-84H,8-21H2,1-7H3/t22?,23?,24?,25?,26?,27?,28?,29-,30-,31-,32-,33-,34-,35-,36-,37+,38+,39+,40?,41?,42-,43-,44-,45-,46-,47-,48-,49-,50-,51-,52-,53-,54-,55-,56-,57-,58-,59-,60-,61-,62-,63-/m1/s1. The zero-order valence-corrected chi connectivity index (χ0v) is 59.1. The molecule has 0 aromatic rings. The molecule has 42 heteroatoms. The van der Waals surface area contributed by atoms with Crippen molar-refractivity contribution < 1.29 is 207 Å². The van der Waals surface area contributed by atoms with Crippen molar-refractivity contribution in [1.29, 1.82) is 0 Å². The molecule has 21 saturated heterocycles. The van der Waals surface area contributed by atoms with Gasteiger partial charge < -0.3 is 207 Å². The van der Waals surface area contributed by atoms with Gasteiger partial charge in [-0.15, -0.1) is 0 Å². The molecule has 42 nitrogen and oxygen atoms in total. The molecular weight excluding hydrogens is 1430 g/mol. The average Bonchev–Trinajstić information content (AvgIpc) is 0.799. The van der Waals surface area contributed by atoms with Crippen LogP contribution in [0.3, 0.4) is 0 Å². The third-order valence-corrected chi connectivity index (χ3v) is 18.0. The maximum Gasteiger partial charge on any atom is 0.187 e. The van der Waals surface area contributed by atoms with Crippen LogP contribution in [0.4, 0.5) is 0 Å². The summed E-state index contributed by atoms with van der Waals surface area (Å²) in [5.74, 6) is 0. The van der Waals surface area contributed by atoms with Gasteiger partial charge in [-0.2, -0.15) is 0 Å². The Morgan fingerprint density at radius 1 is 0.181 bits per heavy atom. The largest absolute Gasteiger partial charge is 0.391 e. The van der Waals surface area contributed by atoms with E-state index < -0.39 is 304 Å². The maximum absolute atomic E-state index is 12.1. The molecular formula is C63H112O42. The van der Waals surface area contributed by atoms with Gasteiger partial charge in [0.25, 0.3) is 0 Å². The van der Waals surface area contributed by atoms with E-state index in [1.807, 2.05) is 0 Å². The zero-order valence-electron chi connectivity index (χ0n) is 59.1. The monoisotopic (exact) mass is 1540 g/mol. The Kier molecular flexibility index (Phi) is 35.0. The van der Waals surface area contributed by atoms with Crippen molar-refractivity contribution in [1.82, 2.24) is 0 Å². The van der Waals surface area contributed by atoms with Crippen molar-refractivity contribution in [2.75, 3.05) is 92.5 Å².